The molecule has 0 aliphatic rings. The van der Waals surface area contributed by atoms with E-state index in [1.807, 2.05) is 13.8 Å². The second-order valence-electron chi connectivity index (χ2n) is 4.59. The minimum atomic E-state index is -1.08. The molecular formula is C15H18O3. The molecule has 1 aromatic carbocycles. The van der Waals surface area contributed by atoms with E-state index < -0.39 is 11.6 Å². The molecule has 0 bridgehead atoms. The van der Waals surface area contributed by atoms with Crippen molar-refractivity contribution in [1.82, 2.24) is 0 Å². The van der Waals surface area contributed by atoms with E-state index in [-0.39, 0.29) is 5.92 Å². The van der Waals surface area contributed by atoms with Crippen LogP contribution in [0.4, 0.5) is 0 Å². The highest BCUT2D eigenvalue weighted by Gasteiger charge is 2.21. The predicted octanol–water partition coefficient (Wildman–Crippen LogP) is 2.23. The van der Waals surface area contributed by atoms with Gasteiger partial charge in [0.2, 0.25) is 0 Å². The zero-order chi connectivity index (χ0) is 13.8. The second kappa shape index (κ2) is 5.70. The molecule has 1 aromatic rings. The van der Waals surface area contributed by atoms with Crippen LogP contribution in [-0.4, -0.2) is 23.8 Å². The monoisotopic (exact) mass is 246 g/mol. The van der Waals surface area contributed by atoms with Gasteiger partial charge in [-0.3, -0.25) is 0 Å². The van der Waals surface area contributed by atoms with Crippen LogP contribution in [0, 0.1) is 17.8 Å². The number of hydrogen-bond acceptors (Lipinski definition) is 3. The van der Waals surface area contributed by atoms with Gasteiger partial charge in [-0.1, -0.05) is 37.8 Å². The fraction of sp³-hybridized carbons (Fsp3) is 0.400. The predicted molar refractivity (Wildman–Crippen MR) is 70.1 cm³/mol. The molecular weight excluding hydrogens is 228 g/mol. The summed E-state index contributed by atoms with van der Waals surface area (Å²) in [5, 5.41) is 10.0. The number of aliphatic hydroxyl groups is 1. The summed E-state index contributed by atoms with van der Waals surface area (Å²) < 4.78 is 4.69. The number of methoxy groups -OCH3 is 1. The van der Waals surface area contributed by atoms with Crippen LogP contribution in [0.3, 0.4) is 0 Å². The normalized spacial score (nSPS) is 13.4. The molecule has 0 aromatic heterocycles. The second-order valence-corrected chi connectivity index (χ2v) is 4.59. The van der Waals surface area contributed by atoms with Gasteiger partial charge in [-0.25, -0.2) is 4.79 Å². The molecule has 1 atom stereocenters. The number of rotatable bonds is 2. The van der Waals surface area contributed by atoms with Gasteiger partial charge in [-0.05, 0) is 25.0 Å². The van der Waals surface area contributed by atoms with Gasteiger partial charge in [-0.2, -0.15) is 0 Å². The highest BCUT2D eigenvalue weighted by molar-refractivity contribution is 5.92. The Hall–Kier alpha value is -1.79. The molecule has 0 amide bonds. The van der Waals surface area contributed by atoms with Gasteiger partial charge >= 0.3 is 5.97 Å². The summed E-state index contributed by atoms with van der Waals surface area (Å²) in [4.78, 5) is 11.5. The average molecular weight is 246 g/mol. The summed E-state index contributed by atoms with van der Waals surface area (Å²) in [6.07, 6.45) is 0. The number of carbonyl (C=O) groups excluding carboxylic acids is 1. The number of carbonyl (C=O) groups is 1. The minimum Gasteiger partial charge on any atom is -0.465 e. The van der Waals surface area contributed by atoms with E-state index in [1.165, 1.54) is 7.11 Å². The highest BCUT2D eigenvalue weighted by atomic mass is 16.5. The first kappa shape index (κ1) is 14.3. The summed E-state index contributed by atoms with van der Waals surface area (Å²) in [7, 11) is 1.33. The minimum absolute atomic E-state index is 0.00953. The number of benzene rings is 1. The molecule has 0 fully saturated rings. The molecule has 0 radical (unpaired) electrons. The van der Waals surface area contributed by atoms with Crippen LogP contribution >= 0.6 is 0 Å². The van der Waals surface area contributed by atoms with Crippen LogP contribution in [0.1, 0.15) is 36.7 Å². The van der Waals surface area contributed by atoms with Crippen LogP contribution < -0.4 is 0 Å². The lowest BCUT2D eigenvalue weighted by molar-refractivity contribution is 0.0599. The third-order valence-electron chi connectivity index (χ3n) is 2.91. The molecule has 0 spiro atoms. The zero-order valence-electron chi connectivity index (χ0n) is 11.2. The summed E-state index contributed by atoms with van der Waals surface area (Å²) in [5.74, 6) is 5.22. The maximum Gasteiger partial charge on any atom is 0.339 e. The van der Waals surface area contributed by atoms with Crippen molar-refractivity contribution in [2.45, 2.75) is 26.4 Å². The first-order valence-electron chi connectivity index (χ1n) is 5.81. The average Bonchev–Trinajstić information content (AvgIpc) is 2.35. The van der Waals surface area contributed by atoms with Crippen LogP contribution in [0.25, 0.3) is 0 Å². The fourth-order valence-corrected chi connectivity index (χ4v) is 1.22. The lowest BCUT2D eigenvalue weighted by Gasteiger charge is -2.20. The van der Waals surface area contributed by atoms with Crippen molar-refractivity contribution in [3.8, 4) is 11.8 Å². The van der Waals surface area contributed by atoms with Gasteiger partial charge in [0.05, 0.1) is 12.7 Å². The Labute approximate surface area is 108 Å². The van der Waals surface area contributed by atoms with Gasteiger partial charge in [0.25, 0.3) is 0 Å². The molecule has 0 heterocycles. The van der Waals surface area contributed by atoms with Crippen molar-refractivity contribution in [3.05, 3.63) is 35.4 Å². The topological polar surface area (TPSA) is 46.5 Å². The van der Waals surface area contributed by atoms with Crippen molar-refractivity contribution >= 4 is 5.97 Å². The van der Waals surface area contributed by atoms with Crippen molar-refractivity contribution in [2.75, 3.05) is 7.11 Å². The van der Waals surface area contributed by atoms with E-state index in [2.05, 4.69) is 16.6 Å². The van der Waals surface area contributed by atoms with E-state index in [9.17, 15) is 9.90 Å². The zero-order valence-corrected chi connectivity index (χ0v) is 11.2. The maximum atomic E-state index is 11.5. The Balaban J connectivity index is 3.13. The molecule has 96 valence electrons. The van der Waals surface area contributed by atoms with Crippen LogP contribution in [0.15, 0.2) is 24.3 Å². The van der Waals surface area contributed by atoms with Gasteiger partial charge in [0.1, 0.15) is 5.60 Å². The first-order chi connectivity index (χ1) is 8.38. The smallest absolute Gasteiger partial charge is 0.339 e. The van der Waals surface area contributed by atoms with Gasteiger partial charge in [-0.15, -0.1) is 0 Å². The lowest BCUT2D eigenvalue weighted by atomic mass is 9.93. The summed E-state index contributed by atoms with van der Waals surface area (Å²) in [6.45, 7) is 5.44. The van der Waals surface area contributed by atoms with Crippen molar-refractivity contribution in [2.24, 2.45) is 5.92 Å². The Morgan fingerprint density at radius 2 is 2.00 bits per heavy atom. The third-order valence-corrected chi connectivity index (χ3v) is 2.91. The maximum absolute atomic E-state index is 11.5. The molecule has 18 heavy (non-hydrogen) atoms. The molecule has 3 heteroatoms. The molecule has 1 unspecified atom stereocenters. The van der Waals surface area contributed by atoms with Gasteiger partial charge in [0.15, 0.2) is 0 Å². The van der Waals surface area contributed by atoms with Crippen molar-refractivity contribution in [1.29, 1.82) is 0 Å². The number of hydrogen-bond donors (Lipinski definition) is 1. The molecule has 0 aliphatic heterocycles. The van der Waals surface area contributed by atoms with Crippen molar-refractivity contribution in [3.63, 3.8) is 0 Å². The van der Waals surface area contributed by atoms with E-state index in [0.29, 0.717) is 11.1 Å². The molecule has 0 saturated heterocycles. The highest BCUT2D eigenvalue weighted by Crippen LogP contribution is 2.15. The van der Waals surface area contributed by atoms with E-state index >= 15 is 0 Å². The van der Waals surface area contributed by atoms with Crippen molar-refractivity contribution < 1.29 is 14.6 Å². The fourth-order valence-electron chi connectivity index (χ4n) is 1.22. The molecule has 0 aliphatic carbocycles. The molecule has 0 saturated carbocycles. The Kier molecular flexibility index (Phi) is 4.52. The van der Waals surface area contributed by atoms with E-state index in [1.54, 1.807) is 31.2 Å². The van der Waals surface area contributed by atoms with E-state index in [0.717, 1.165) is 0 Å². The molecule has 1 N–H and O–H groups in total. The summed E-state index contributed by atoms with van der Waals surface area (Å²) in [5.41, 5.74) is -0.110. The standard InChI is InChI=1S/C15H18O3/c1-11(2)15(3,17)10-9-12-7-5-6-8-13(12)14(16)18-4/h5-8,11,17H,1-4H3. The SMILES string of the molecule is COC(=O)c1ccccc1C#CC(C)(O)C(C)C. The summed E-state index contributed by atoms with van der Waals surface area (Å²) in [6, 6.07) is 6.92. The number of esters is 1. The van der Waals surface area contributed by atoms with Gasteiger partial charge < -0.3 is 9.84 Å². The molecule has 1 rings (SSSR count). The largest absolute Gasteiger partial charge is 0.465 e. The summed E-state index contributed by atoms with van der Waals surface area (Å²) >= 11 is 0. The quantitative estimate of drug-likeness (QED) is 0.643. The Morgan fingerprint density at radius 3 is 2.56 bits per heavy atom. The van der Waals surface area contributed by atoms with Crippen LogP contribution in [0.2, 0.25) is 0 Å². The number of ether oxygens (including phenoxy) is 1. The first-order valence-corrected chi connectivity index (χ1v) is 5.81. The van der Waals surface area contributed by atoms with Gasteiger partial charge in [0, 0.05) is 5.56 Å². The third kappa shape index (κ3) is 3.35. The Morgan fingerprint density at radius 1 is 1.39 bits per heavy atom. The van der Waals surface area contributed by atoms with Crippen LogP contribution in [-0.2, 0) is 4.74 Å². The van der Waals surface area contributed by atoms with Crippen LogP contribution in [0.5, 0.6) is 0 Å². The van der Waals surface area contributed by atoms with E-state index in [4.69, 9.17) is 0 Å². The lowest BCUT2D eigenvalue weighted by Crippen LogP contribution is -2.28. The Bertz CT molecular complexity index is 490. The molecule has 3 nitrogen and oxygen atoms in total.